The molecule has 7 nitrogen and oxygen atoms in total. The van der Waals surface area contributed by atoms with E-state index in [9.17, 15) is 9.59 Å². The van der Waals surface area contributed by atoms with Gasteiger partial charge in [-0.05, 0) is 67.9 Å². The van der Waals surface area contributed by atoms with Gasteiger partial charge in [0.25, 0.3) is 11.5 Å². The molecule has 0 bridgehead atoms. The van der Waals surface area contributed by atoms with Crippen molar-refractivity contribution in [2.24, 2.45) is 5.73 Å². The highest BCUT2D eigenvalue weighted by atomic mass is 35.5. The molecule has 0 fully saturated rings. The molecule has 0 aliphatic heterocycles. The number of primary amides is 1. The van der Waals surface area contributed by atoms with Crippen LogP contribution in [0.15, 0.2) is 83.8 Å². The first-order chi connectivity index (χ1) is 16.8. The Morgan fingerprint density at radius 3 is 2.43 bits per heavy atom. The number of amides is 1. The molecular weight excluding hydrogens is 464 g/mol. The van der Waals surface area contributed by atoms with E-state index < -0.39 is 5.91 Å². The van der Waals surface area contributed by atoms with Gasteiger partial charge in [-0.2, -0.15) is 0 Å². The summed E-state index contributed by atoms with van der Waals surface area (Å²) in [6.07, 6.45) is 2.27. The predicted octanol–water partition coefficient (Wildman–Crippen LogP) is 5.70. The van der Waals surface area contributed by atoms with Gasteiger partial charge in [-0.1, -0.05) is 29.8 Å². The van der Waals surface area contributed by atoms with Crippen LogP contribution in [0.2, 0.25) is 5.02 Å². The number of nitrogens with two attached hydrogens (primary N) is 1. The lowest BCUT2D eigenvalue weighted by Gasteiger charge is -2.17. The minimum atomic E-state index is -0.621. The van der Waals surface area contributed by atoms with E-state index in [1.807, 2.05) is 56.3 Å². The first-order valence-corrected chi connectivity index (χ1v) is 11.5. The number of nitrogens with zero attached hydrogens (tertiary/aromatic N) is 2. The average Bonchev–Trinajstić information content (AvgIpc) is 2.84. The molecule has 0 saturated heterocycles. The lowest BCUT2D eigenvalue weighted by molar-refractivity contribution is 0.0995. The molecule has 3 N–H and O–H groups in total. The van der Waals surface area contributed by atoms with Crippen LogP contribution in [-0.4, -0.2) is 15.5 Å². The Morgan fingerprint density at radius 1 is 1.06 bits per heavy atom. The van der Waals surface area contributed by atoms with Crippen molar-refractivity contribution in [3.8, 4) is 11.6 Å². The molecule has 2 heterocycles. The van der Waals surface area contributed by atoms with E-state index in [2.05, 4.69) is 10.3 Å². The lowest BCUT2D eigenvalue weighted by atomic mass is 10.0. The van der Waals surface area contributed by atoms with Gasteiger partial charge in [-0.3, -0.25) is 9.59 Å². The quantitative estimate of drug-likeness (QED) is 0.331. The van der Waals surface area contributed by atoms with Gasteiger partial charge in [0.2, 0.25) is 5.88 Å². The number of aromatic nitrogens is 2. The zero-order valence-corrected chi connectivity index (χ0v) is 20.1. The van der Waals surface area contributed by atoms with Crippen LogP contribution in [0.4, 0.5) is 11.4 Å². The van der Waals surface area contributed by atoms with Crippen molar-refractivity contribution in [3.05, 3.63) is 111 Å². The van der Waals surface area contributed by atoms with E-state index in [0.29, 0.717) is 22.8 Å². The Hall–Kier alpha value is -4.10. The number of nitrogens with one attached hydrogen (secondary N) is 1. The Balaban J connectivity index is 1.58. The highest BCUT2D eigenvalue weighted by molar-refractivity contribution is 6.30. The number of pyridine rings is 2. The standard InChI is InChI=1S/C27H25ClN4O3/c1-17(2)32-15-14-23(22(27(32)34)16-18-6-8-19(28)9-7-18)30-20-10-12-21(13-11-20)35-25-5-3-4-24(31-25)26(29)33/h3-15,17,30H,16H2,1-2H3,(H2,29,33). The molecule has 0 aliphatic carbocycles. The summed E-state index contributed by atoms with van der Waals surface area (Å²) in [7, 11) is 0. The first kappa shape index (κ1) is 24.0. The highest BCUT2D eigenvalue weighted by Gasteiger charge is 2.13. The summed E-state index contributed by atoms with van der Waals surface area (Å²) in [6.45, 7) is 3.96. The molecule has 4 rings (SSSR count). The molecule has 4 aromatic rings. The number of benzene rings is 2. The van der Waals surface area contributed by atoms with Crippen LogP contribution in [0, 0.1) is 0 Å². The van der Waals surface area contributed by atoms with Crippen LogP contribution < -0.4 is 21.3 Å². The van der Waals surface area contributed by atoms with Gasteiger partial charge in [0.05, 0.1) is 0 Å². The zero-order valence-electron chi connectivity index (χ0n) is 19.4. The Bertz CT molecular complexity index is 1400. The normalized spacial score (nSPS) is 10.9. The summed E-state index contributed by atoms with van der Waals surface area (Å²) in [5.74, 6) is 0.189. The van der Waals surface area contributed by atoms with Gasteiger partial charge in [-0.15, -0.1) is 0 Å². The van der Waals surface area contributed by atoms with Crippen LogP contribution in [0.3, 0.4) is 0 Å². The monoisotopic (exact) mass is 488 g/mol. The van der Waals surface area contributed by atoms with Crippen LogP contribution in [0.1, 0.15) is 41.5 Å². The van der Waals surface area contributed by atoms with Crippen LogP contribution in [-0.2, 0) is 6.42 Å². The van der Waals surface area contributed by atoms with E-state index in [1.54, 1.807) is 35.0 Å². The van der Waals surface area contributed by atoms with Crippen molar-refractivity contribution in [1.82, 2.24) is 9.55 Å². The largest absolute Gasteiger partial charge is 0.439 e. The maximum atomic E-state index is 13.3. The van der Waals surface area contributed by atoms with Crippen molar-refractivity contribution in [2.45, 2.75) is 26.3 Å². The third-order valence-electron chi connectivity index (χ3n) is 5.40. The maximum absolute atomic E-state index is 13.3. The molecule has 0 atom stereocenters. The van der Waals surface area contributed by atoms with Gasteiger partial charge in [-0.25, -0.2) is 4.98 Å². The molecule has 2 aromatic carbocycles. The van der Waals surface area contributed by atoms with Crippen LogP contribution >= 0.6 is 11.6 Å². The van der Waals surface area contributed by atoms with Crippen molar-refractivity contribution in [2.75, 3.05) is 5.32 Å². The lowest BCUT2D eigenvalue weighted by Crippen LogP contribution is -2.26. The number of ether oxygens (including phenoxy) is 1. The fourth-order valence-corrected chi connectivity index (χ4v) is 3.71. The predicted molar refractivity (Wildman–Crippen MR) is 138 cm³/mol. The minimum absolute atomic E-state index is 0.0404. The van der Waals surface area contributed by atoms with E-state index >= 15 is 0 Å². The number of hydrogen-bond acceptors (Lipinski definition) is 5. The van der Waals surface area contributed by atoms with Gasteiger partial charge in [0.15, 0.2) is 0 Å². The third-order valence-corrected chi connectivity index (χ3v) is 5.65. The van der Waals surface area contributed by atoms with Crippen molar-refractivity contribution in [3.63, 3.8) is 0 Å². The molecule has 178 valence electrons. The summed E-state index contributed by atoms with van der Waals surface area (Å²) in [4.78, 5) is 28.7. The Labute approximate surface area is 208 Å². The first-order valence-electron chi connectivity index (χ1n) is 11.1. The number of hydrogen-bond donors (Lipinski definition) is 2. The second-order valence-corrected chi connectivity index (χ2v) is 8.73. The summed E-state index contributed by atoms with van der Waals surface area (Å²) in [5.41, 5.74) is 8.54. The molecule has 0 saturated carbocycles. The number of anilines is 2. The van der Waals surface area contributed by atoms with Crippen molar-refractivity contribution >= 4 is 28.9 Å². The zero-order chi connectivity index (χ0) is 24.9. The Morgan fingerprint density at radius 2 is 1.77 bits per heavy atom. The average molecular weight is 489 g/mol. The fraction of sp³-hybridized carbons (Fsp3) is 0.148. The molecule has 0 aliphatic rings. The molecule has 2 aromatic heterocycles. The molecule has 8 heteroatoms. The summed E-state index contributed by atoms with van der Waals surface area (Å²) >= 11 is 6.02. The molecule has 0 unspecified atom stereocenters. The second-order valence-electron chi connectivity index (χ2n) is 8.29. The molecule has 0 spiro atoms. The SMILES string of the molecule is CC(C)n1ccc(Nc2ccc(Oc3cccc(C(N)=O)n3)cc2)c(Cc2ccc(Cl)cc2)c1=O. The minimum Gasteiger partial charge on any atom is -0.439 e. The molecular formula is C27H25ClN4O3. The van der Waals surface area contributed by atoms with Gasteiger partial charge < -0.3 is 20.4 Å². The topological polar surface area (TPSA) is 99.2 Å². The smallest absolute Gasteiger partial charge is 0.267 e. The van der Waals surface area contributed by atoms with Gasteiger partial charge in [0, 0.05) is 46.7 Å². The van der Waals surface area contributed by atoms with E-state index in [1.165, 1.54) is 6.07 Å². The van der Waals surface area contributed by atoms with Crippen molar-refractivity contribution < 1.29 is 9.53 Å². The summed E-state index contributed by atoms with van der Waals surface area (Å²) in [5, 5.41) is 4.01. The van der Waals surface area contributed by atoms with Crippen LogP contribution in [0.25, 0.3) is 0 Å². The second kappa shape index (κ2) is 10.4. The van der Waals surface area contributed by atoms with Gasteiger partial charge >= 0.3 is 0 Å². The van der Waals surface area contributed by atoms with E-state index in [0.717, 1.165) is 16.9 Å². The number of carbonyl (C=O) groups excluding carboxylic acids is 1. The highest BCUT2D eigenvalue weighted by Crippen LogP contribution is 2.26. The number of carbonyl (C=O) groups is 1. The van der Waals surface area contributed by atoms with E-state index in [-0.39, 0.29) is 23.2 Å². The van der Waals surface area contributed by atoms with Crippen molar-refractivity contribution in [1.29, 1.82) is 0 Å². The Kier molecular flexibility index (Phi) is 7.17. The fourth-order valence-electron chi connectivity index (χ4n) is 3.59. The summed E-state index contributed by atoms with van der Waals surface area (Å²) < 4.78 is 7.46. The van der Waals surface area contributed by atoms with Gasteiger partial charge in [0.1, 0.15) is 11.4 Å². The summed E-state index contributed by atoms with van der Waals surface area (Å²) in [6, 6.07) is 21.5. The third kappa shape index (κ3) is 5.88. The number of halogens is 1. The maximum Gasteiger partial charge on any atom is 0.267 e. The molecule has 0 radical (unpaired) electrons. The number of rotatable bonds is 8. The van der Waals surface area contributed by atoms with Crippen LogP contribution in [0.5, 0.6) is 11.6 Å². The van der Waals surface area contributed by atoms with E-state index in [4.69, 9.17) is 22.1 Å². The molecule has 35 heavy (non-hydrogen) atoms. The molecule has 1 amide bonds.